The molecule has 120 valence electrons. The monoisotopic (exact) mass is 374 g/mol. The Morgan fingerprint density at radius 3 is 2.64 bits per heavy atom. The average Bonchev–Trinajstić information content (AvgIpc) is 2.46. The van der Waals surface area contributed by atoms with Crippen LogP contribution in [0.1, 0.15) is 30.1 Å². The molecule has 0 radical (unpaired) electrons. The number of carbonyl (C=O) groups is 3. The molecule has 1 aromatic carbocycles. The van der Waals surface area contributed by atoms with Crippen LogP contribution >= 0.6 is 15.9 Å². The third kappa shape index (κ3) is 5.44. The second-order valence-corrected chi connectivity index (χ2v) is 5.35. The molecule has 0 fully saturated rings. The van der Waals surface area contributed by atoms with Crippen molar-refractivity contribution in [2.24, 2.45) is 0 Å². The van der Waals surface area contributed by atoms with E-state index in [2.05, 4.69) is 26.6 Å². The van der Waals surface area contributed by atoms with E-state index in [4.69, 9.17) is 5.11 Å². The number of carboxylic acid groups (broad SMARTS) is 1. The third-order valence-electron chi connectivity index (χ3n) is 2.85. The normalized spacial score (nSPS) is 11.6. The molecule has 0 saturated heterocycles. The van der Waals surface area contributed by atoms with Crippen molar-refractivity contribution in [3.63, 3.8) is 0 Å². The topological polar surface area (TPSA) is 95.5 Å². The van der Waals surface area contributed by atoms with E-state index in [0.29, 0.717) is 4.47 Å². The van der Waals surface area contributed by atoms with Gasteiger partial charge >= 0.3 is 5.97 Å². The highest BCUT2D eigenvalue weighted by Gasteiger charge is 2.17. The van der Waals surface area contributed by atoms with Gasteiger partial charge in [-0.15, -0.1) is 0 Å². The Bertz CT molecular complexity index is 580. The van der Waals surface area contributed by atoms with E-state index in [1.807, 2.05) is 0 Å². The predicted molar refractivity (Wildman–Crippen MR) is 80.9 cm³/mol. The zero-order valence-corrected chi connectivity index (χ0v) is 13.4. The first-order valence-electron chi connectivity index (χ1n) is 6.60. The Kier molecular flexibility index (Phi) is 6.97. The van der Waals surface area contributed by atoms with Crippen LogP contribution in [0.25, 0.3) is 0 Å². The van der Waals surface area contributed by atoms with Crippen LogP contribution in [0.3, 0.4) is 0 Å². The molecule has 0 saturated carbocycles. The standard InChI is InChI=1S/C14H16BrFN2O4/c1-2-11(14(21)22)18-12(19)5-6-17-13(20)9-7-8(16)3-4-10(9)15/h3-4,7,11H,2,5-6H2,1H3,(H,17,20)(H,18,19)(H,21,22). The van der Waals surface area contributed by atoms with Gasteiger partial charge in [-0.1, -0.05) is 6.92 Å². The highest BCUT2D eigenvalue weighted by molar-refractivity contribution is 9.10. The summed E-state index contributed by atoms with van der Waals surface area (Å²) in [7, 11) is 0. The maximum absolute atomic E-state index is 13.1. The fourth-order valence-corrected chi connectivity index (χ4v) is 2.09. The lowest BCUT2D eigenvalue weighted by Crippen LogP contribution is -2.41. The molecule has 0 aliphatic heterocycles. The minimum Gasteiger partial charge on any atom is -0.480 e. The second-order valence-electron chi connectivity index (χ2n) is 4.50. The van der Waals surface area contributed by atoms with E-state index in [1.165, 1.54) is 12.1 Å². The molecule has 0 spiro atoms. The molecule has 1 unspecified atom stereocenters. The zero-order chi connectivity index (χ0) is 16.7. The SMILES string of the molecule is CCC(NC(=O)CCNC(=O)c1cc(F)ccc1Br)C(=O)O. The lowest BCUT2D eigenvalue weighted by atomic mass is 10.2. The van der Waals surface area contributed by atoms with E-state index >= 15 is 0 Å². The molecule has 1 rings (SSSR count). The van der Waals surface area contributed by atoms with Gasteiger partial charge in [0, 0.05) is 17.4 Å². The predicted octanol–water partition coefficient (Wildman–Crippen LogP) is 1.69. The molecule has 2 amide bonds. The van der Waals surface area contributed by atoms with Gasteiger partial charge in [0.05, 0.1) is 5.56 Å². The summed E-state index contributed by atoms with van der Waals surface area (Å²) in [5, 5.41) is 13.6. The lowest BCUT2D eigenvalue weighted by Gasteiger charge is -2.12. The van der Waals surface area contributed by atoms with Gasteiger partial charge in [0.1, 0.15) is 11.9 Å². The van der Waals surface area contributed by atoms with Crippen LogP contribution in [-0.4, -0.2) is 35.5 Å². The summed E-state index contributed by atoms with van der Waals surface area (Å²) in [5.74, 6) is -2.65. The number of carboxylic acids is 1. The molecule has 1 aromatic rings. The molecule has 0 aliphatic carbocycles. The number of carbonyl (C=O) groups excluding carboxylic acids is 2. The van der Waals surface area contributed by atoms with Gasteiger partial charge in [-0.2, -0.15) is 0 Å². The van der Waals surface area contributed by atoms with Crippen molar-refractivity contribution in [3.8, 4) is 0 Å². The summed E-state index contributed by atoms with van der Waals surface area (Å²) in [4.78, 5) is 34.2. The minimum atomic E-state index is -1.11. The summed E-state index contributed by atoms with van der Waals surface area (Å²) in [6, 6.07) is 2.76. The van der Waals surface area contributed by atoms with E-state index in [1.54, 1.807) is 6.92 Å². The number of nitrogens with one attached hydrogen (secondary N) is 2. The summed E-state index contributed by atoms with van der Waals surface area (Å²) < 4.78 is 13.5. The molecule has 1 atom stereocenters. The molecule has 22 heavy (non-hydrogen) atoms. The van der Waals surface area contributed by atoms with E-state index in [9.17, 15) is 18.8 Å². The Hall–Kier alpha value is -1.96. The summed E-state index contributed by atoms with van der Waals surface area (Å²) in [6.07, 6.45) is 0.201. The highest BCUT2D eigenvalue weighted by atomic mass is 79.9. The first-order chi connectivity index (χ1) is 10.3. The van der Waals surface area contributed by atoms with Crippen molar-refractivity contribution in [1.82, 2.24) is 10.6 Å². The van der Waals surface area contributed by atoms with Gasteiger partial charge in [-0.05, 0) is 40.5 Å². The number of halogens is 2. The van der Waals surface area contributed by atoms with Crippen LogP contribution in [0.15, 0.2) is 22.7 Å². The second kappa shape index (κ2) is 8.47. The van der Waals surface area contributed by atoms with Crippen molar-refractivity contribution >= 4 is 33.7 Å². The quantitative estimate of drug-likeness (QED) is 0.676. The molecule has 0 heterocycles. The van der Waals surface area contributed by atoms with Crippen LogP contribution in [0.2, 0.25) is 0 Å². The minimum absolute atomic E-state index is 0.0175. The Morgan fingerprint density at radius 2 is 2.05 bits per heavy atom. The summed E-state index contributed by atoms with van der Waals surface area (Å²) >= 11 is 3.14. The van der Waals surface area contributed by atoms with Crippen LogP contribution < -0.4 is 10.6 Å². The molecule has 0 aliphatic rings. The van der Waals surface area contributed by atoms with Gasteiger partial charge in [0.25, 0.3) is 5.91 Å². The first kappa shape index (κ1) is 18.1. The van der Waals surface area contributed by atoms with Crippen LogP contribution in [0.4, 0.5) is 4.39 Å². The highest BCUT2D eigenvalue weighted by Crippen LogP contribution is 2.17. The third-order valence-corrected chi connectivity index (χ3v) is 3.54. The maximum atomic E-state index is 13.1. The van der Waals surface area contributed by atoms with Crippen LogP contribution in [0.5, 0.6) is 0 Å². The summed E-state index contributed by atoms with van der Waals surface area (Å²) in [6.45, 7) is 1.66. The Labute approximate surface area is 135 Å². The van der Waals surface area contributed by atoms with Crippen LogP contribution in [0, 0.1) is 5.82 Å². The maximum Gasteiger partial charge on any atom is 0.326 e. The van der Waals surface area contributed by atoms with Gasteiger partial charge in [-0.25, -0.2) is 9.18 Å². The number of aliphatic carboxylic acids is 1. The van der Waals surface area contributed by atoms with Crippen molar-refractivity contribution in [2.75, 3.05) is 6.54 Å². The lowest BCUT2D eigenvalue weighted by molar-refractivity contribution is -0.141. The van der Waals surface area contributed by atoms with Crippen molar-refractivity contribution in [1.29, 1.82) is 0 Å². The fraction of sp³-hybridized carbons (Fsp3) is 0.357. The van der Waals surface area contributed by atoms with Crippen LogP contribution in [-0.2, 0) is 9.59 Å². The van der Waals surface area contributed by atoms with Gasteiger partial charge in [0.15, 0.2) is 0 Å². The first-order valence-corrected chi connectivity index (χ1v) is 7.39. The number of hydrogen-bond donors (Lipinski definition) is 3. The molecular weight excluding hydrogens is 359 g/mol. The van der Waals surface area contributed by atoms with Crippen molar-refractivity contribution in [2.45, 2.75) is 25.8 Å². The van der Waals surface area contributed by atoms with E-state index in [-0.39, 0.29) is 24.9 Å². The van der Waals surface area contributed by atoms with E-state index < -0.39 is 29.6 Å². The fourth-order valence-electron chi connectivity index (χ4n) is 1.66. The smallest absolute Gasteiger partial charge is 0.326 e. The van der Waals surface area contributed by atoms with Crippen molar-refractivity contribution < 1.29 is 23.9 Å². The molecule has 0 bridgehead atoms. The number of hydrogen-bond acceptors (Lipinski definition) is 3. The number of rotatable bonds is 7. The zero-order valence-electron chi connectivity index (χ0n) is 11.9. The van der Waals surface area contributed by atoms with Gasteiger partial charge < -0.3 is 15.7 Å². The van der Waals surface area contributed by atoms with E-state index in [0.717, 1.165) is 6.07 Å². The summed E-state index contributed by atoms with van der Waals surface area (Å²) in [5.41, 5.74) is 0.123. The van der Waals surface area contributed by atoms with Gasteiger partial charge in [0.2, 0.25) is 5.91 Å². The average molecular weight is 375 g/mol. The number of benzene rings is 1. The molecule has 3 N–H and O–H groups in total. The molecule has 0 aromatic heterocycles. The Balaban J connectivity index is 2.47. The molecular formula is C14H16BrFN2O4. The Morgan fingerprint density at radius 1 is 1.36 bits per heavy atom. The molecule has 8 heteroatoms. The van der Waals surface area contributed by atoms with Gasteiger partial charge in [-0.3, -0.25) is 9.59 Å². The van der Waals surface area contributed by atoms with Crippen molar-refractivity contribution in [3.05, 3.63) is 34.1 Å². The largest absolute Gasteiger partial charge is 0.480 e. The molecule has 6 nitrogen and oxygen atoms in total. The number of amides is 2.